The number of nitrogens with one attached hydrogen (secondary N) is 1. The Balaban J connectivity index is 1.88. The van der Waals surface area contributed by atoms with Crippen LogP contribution in [0.25, 0.3) is 0 Å². The number of thioether (sulfide) groups is 1. The number of nitrogens with zero attached hydrogens (tertiary/aromatic N) is 2. The summed E-state index contributed by atoms with van der Waals surface area (Å²) >= 11 is 1.52. The first-order chi connectivity index (χ1) is 8.67. The summed E-state index contributed by atoms with van der Waals surface area (Å²) in [6.07, 6.45) is 7.32. The van der Waals surface area contributed by atoms with Crippen molar-refractivity contribution in [3.8, 4) is 0 Å². The number of rotatable bonds is 4. The standard InChI is InChI=1S/C13H22N4S/c1-9-3-5-10(6-4-9)8-15-12-7-11(14)16-13(17-12)18-2/h7,9-10H,3-6,8H2,1-2H3,(H3,14,15,16,17). The van der Waals surface area contributed by atoms with Crippen LogP contribution in [-0.4, -0.2) is 22.8 Å². The van der Waals surface area contributed by atoms with Crippen LogP contribution in [0.1, 0.15) is 32.6 Å². The molecule has 1 saturated carbocycles. The predicted molar refractivity (Wildman–Crippen MR) is 77.8 cm³/mol. The second-order valence-corrected chi connectivity index (χ2v) is 5.94. The van der Waals surface area contributed by atoms with Gasteiger partial charge in [0.2, 0.25) is 0 Å². The molecule has 1 heterocycles. The number of aromatic nitrogens is 2. The van der Waals surface area contributed by atoms with Gasteiger partial charge in [-0.3, -0.25) is 0 Å². The number of anilines is 2. The molecule has 0 radical (unpaired) electrons. The third-order valence-electron chi connectivity index (χ3n) is 3.62. The number of hydrogen-bond donors (Lipinski definition) is 2. The molecule has 1 fully saturated rings. The van der Waals surface area contributed by atoms with Gasteiger partial charge in [-0.2, -0.15) is 0 Å². The lowest BCUT2D eigenvalue weighted by molar-refractivity contribution is 0.300. The molecule has 5 heteroatoms. The molecular formula is C13H22N4S. The zero-order valence-corrected chi connectivity index (χ0v) is 12.0. The Kier molecular flexibility index (Phi) is 4.69. The lowest BCUT2D eigenvalue weighted by Crippen LogP contribution is -2.20. The zero-order chi connectivity index (χ0) is 13.0. The molecule has 0 saturated heterocycles. The van der Waals surface area contributed by atoms with Crippen LogP contribution in [0.15, 0.2) is 11.2 Å². The molecule has 1 aromatic heterocycles. The summed E-state index contributed by atoms with van der Waals surface area (Å²) < 4.78 is 0. The quantitative estimate of drug-likeness (QED) is 0.648. The minimum absolute atomic E-state index is 0.536. The van der Waals surface area contributed by atoms with Gasteiger partial charge in [-0.15, -0.1) is 0 Å². The molecule has 2 rings (SSSR count). The lowest BCUT2D eigenvalue weighted by Gasteiger charge is -2.26. The predicted octanol–water partition coefficient (Wildman–Crippen LogP) is 3.02. The van der Waals surface area contributed by atoms with Crippen molar-refractivity contribution in [2.45, 2.75) is 37.8 Å². The molecule has 4 nitrogen and oxygen atoms in total. The van der Waals surface area contributed by atoms with Gasteiger partial charge in [0.15, 0.2) is 5.16 Å². The van der Waals surface area contributed by atoms with Crippen molar-refractivity contribution >= 4 is 23.4 Å². The second kappa shape index (κ2) is 6.27. The molecule has 1 aromatic rings. The monoisotopic (exact) mass is 266 g/mol. The Labute approximate surface area is 113 Å². The first-order valence-electron chi connectivity index (χ1n) is 6.59. The van der Waals surface area contributed by atoms with E-state index in [9.17, 15) is 0 Å². The summed E-state index contributed by atoms with van der Waals surface area (Å²) in [7, 11) is 0. The van der Waals surface area contributed by atoms with E-state index in [0.29, 0.717) is 5.82 Å². The van der Waals surface area contributed by atoms with E-state index in [2.05, 4.69) is 22.2 Å². The minimum atomic E-state index is 0.536. The van der Waals surface area contributed by atoms with Gasteiger partial charge in [-0.1, -0.05) is 31.5 Å². The highest BCUT2D eigenvalue weighted by Gasteiger charge is 2.18. The molecule has 1 aliphatic rings. The van der Waals surface area contributed by atoms with Crippen LogP contribution in [0.2, 0.25) is 0 Å². The number of nitrogen functional groups attached to an aromatic ring is 1. The van der Waals surface area contributed by atoms with Crippen molar-refractivity contribution in [2.24, 2.45) is 11.8 Å². The van der Waals surface area contributed by atoms with E-state index < -0.39 is 0 Å². The van der Waals surface area contributed by atoms with E-state index in [4.69, 9.17) is 5.73 Å². The van der Waals surface area contributed by atoms with Crippen LogP contribution in [0.3, 0.4) is 0 Å². The molecule has 0 aliphatic heterocycles. The van der Waals surface area contributed by atoms with E-state index in [0.717, 1.165) is 29.4 Å². The Morgan fingerprint density at radius 1 is 1.33 bits per heavy atom. The second-order valence-electron chi connectivity index (χ2n) is 5.17. The van der Waals surface area contributed by atoms with Crippen LogP contribution < -0.4 is 11.1 Å². The van der Waals surface area contributed by atoms with E-state index >= 15 is 0 Å². The summed E-state index contributed by atoms with van der Waals surface area (Å²) in [5.74, 6) is 3.06. The summed E-state index contributed by atoms with van der Waals surface area (Å²) in [6.45, 7) is 3.34. The van der Waals surface area contributed by atoms with Gasteiger partial charge in [0, 0.05) is 12.6 Å². The van der Waals surface area contributed by atoms with Crippen LogP contribution in [0.4, 0.5) is 11.6 Å². The fraction of sp³-hybridized carbons (Fsp3) is 0.692. The Morgan fingerprint density at radius 2 is 2.06 bits per heavy atom. The van der Waals surface area contributed by atoms with Crippen molar-refractivity contribution in [3.63, 3.8) is 0 Å². The maximum Gasteiger partial charge on any atom is 0.191 e. The fourth-order valence-electron chi connectivity index (χ4n) is 2.41. The van der Waals surface area contributed by atoms with Gasteiger partial charge in [0.1, 0.15) is 11.6 Å². The number of hydrogen-bond acceptors (Lipinski definition) is 5. The van der Waals surface area contributed by atoms with Crippen LogP contribution >= 0.6 is 11.8 Å². The molecule has 0 spiro atoms. The Morgan fingerprint density at radius 3 is 2.72 bits per heavy atom. The maximum atomic E-state index is 5.76. The molecule has 0 aromatic carbocycles. The third kappa shape index (κ3) is 3.77. The van der Waals surface area contributed by atoms with Gasteiger partial charge < -0.3 is 11.1 Å². The van der Waals surface area contributed by atoms with Gasteiger partial charge in [0.05, 0.1) is 0 Å². The SMILES string of the molecule is CSc1nc(N)cc(NCC2CCC(C)CC2)n1. The van der Waals surface area contributed by atoms with E-state index in [1.807, 2.05) is 12.3 Å². The summed E-state index contributed by atoms with van der Waals surface area (Å²) in [5, 5.41) is 4.13. The van der Waals surface area contributed by atoms with Crippen LogP contribution in [0.5, 0.6) is 0 Å². The summed E-state index contributed by atoms with van der Waals surface area (Å²) in [5.41, 5.74) is 5.76. The lowest BCUT2D eigenvalue weighted by atomic mass is 9.83. The average molecular weight is 266 g/mol. The highest BCUT2D eigenvalue weighted by Crippen LogP contribution is 2.28. The Hall–Kier alpha value is -0.970. The van der Waals surface area contributed by atoms with E-state index in [1.54, 1.807) is 0 Å². The number of nitrogens with two attached hydrogens (primary N) is 1. The van der Waals surface area contributed by atoms with Gasteiger partial charge >= 0.3 is 0 Å². The normalized spacial score (nSPS) is 23.9. The summed E-state index contributed by atoms with van der Waals surface area (Å²) in [4.78, 5) is 8.56. The molecular weight excluding hydrogens is 244 g/mol. The van der Waals surface area contributed by atoms with Gasteiger partial charge in [0.25, 0.3) is 0 Å². The maximum absolute atomic E-state index is 5.76. The highest BCUT2D eigenvalue weighted by molar-refractivity contribution is 7.98. The first-order valence-corrected chi connectivity index (χ1v) is 7.82. The van der Waals surface area contributed by atoms with Gasteiger partial charge in [-0.05, 0) is 30.9 Å². The van der Waals surface area contributed by atoms with Crippen molar-refractivity contribution in [1.82, 2.24) is 9.97 Å². The molecule has 1 aliphatic carbocycles. The highest BCUT2D eigenvalue weighted by atomic mass is 32.2. The molecule has 0 unspecified atom stereocenters. The van der Waals surface area contributed by atoms with Crippen molar-refractivity contribution < 1.29 is 0 Å². The van der Waals surface area contributed by atoms with E-state index in [-0.39, 0.29) is 0 Å². The smallest absolute Gasteiger partial charge is 0.191 e. The summed E-state index contributed by atoms with van der Waals surface area (Å²) in [6, 6.07) is 1.81. The van der Waals surface area contributed by atoms with Crippen molar-refractivity contribution in [1.29, 1.82) is 0 Å². The first kappa shape index (κ1) is 13.5. The third-order valence-corrected chi connectivity index (χ3v) is 4.16. The molecule has 0 bridgehead atoms. The van der Waals surface area contributed by atoms with Crippen molar-refractivity contribution in [3.05, 3.63) is 6.07 Å². The van der Waals surface area contributed by atoms with Crippen LogP contribution in [-0.2, 0) is 0 Å². The average Bonchev–Trinajstić information content (AvgIpc) is 2.37. The minimum Gasteiger partial charge on any atom is -0.383 e. The Bertz CT molecular complexity index is 389. The zero-order valence-electron chi connectivity index (χ0n) is 11.1. The van der Waals surface area contributed by atoms with Crippen LogP contribution in [0, 0.1) is 11.8 Å². The largest absolute Gasteiger partial charge is 0.383 e. The van der Waals surface area contributed by atoms with E-state index in [1.165, 1.54) is 37.4 Å². The van der Waals surface area contributed by atoms with Gasteiger partial charge in [-0.25, -0.2) is 9.97 Å². The molecule has 0 amide bonds. The topological polar surface area (TPSA) is 63.8 Å². The molecule has 3 N–H and O–H groups in total. The molecule has 100 valence electrons. The fourth-order valence-corrected chi connectivity index (χ4v) is 2.79. The van der Waals surface area contributed by atoms with Crippen molar-refractivity contribution in [2.75, 3.05) is 23.9 Å². The molecule has 0 atom stereocenters. The molecule has 18 heavy (non-hydrogen) atoms.